The summed E-state index contributed by atoms with van der Waals surface area (Å²) in [7, 11) is 2.11. The number of benzene rings is 3. The molecule has 2 aromatic heterocycles. The Bertz CT molecular complexity index is 1830. The molecule has 232 valence electrons. The zero-order chi connectivity index (χ0) is 31.3. The fourth-order valence-electron chi connectivity index (χ4n) is 6.01. The minimum absolute atomic E-state index is 0.0257. The first kappa shape index (κ1) is 30.1. The third-order valence-electron chi connectivity index (χ3n) is 8.17. The van der Waals surface area contributed by atoms with Gasteiger partial charge in [0.25, 0.3) is 0 Å². The Morgan fingerprint density at radius 2 is 1.60 bits per heavy atom. The van der Waals surface area contributed by atoms with Gasteiger partial charge in [0.05, 0.1) is 43.4 Å². The summed E-state index contributed by atoms with van der Waals surface area (Å²) in [6, 6.07) is 17.1. The van der Waals surface area contributed by atoms with Gasteiger partial charge in [-0.2, -0.15) is 0 Å². The molecule has 10 nitrogen and oxygen atoms in total. The lowest BCUT2D eigenvalue weighted by molar-refractivity contribution is -0.132. The highest BCUT2D eigenvalue weighted by atomic mass is 16.5. The van der Waals surface area contributed by atoms with E-state index in [4.69, 9.17) is 4.74 Å². The molecule has 1 aliphatic heterocycles. The molecule has 3 heterocycles. The summed E-state index contributed by atoms with van der Waals surface area (Å²) < 4.78 is 6.39. The summed E-state index contributed by atoms with van der Waals surface area (Å²) in [5.41, 5.74) is 7.40. The molecule has 5 aromatic rings. The summed E-state index contributed by atoms with van der Waals surface area (Å²) in [5, 5.41) is 4.58. The van der Waals surface area contributed by atoms with Crippen LogP contribution in [0.5, 0.6) is 5.75 Å². The number of ether oxygens (including phenoxy) is 1. The number of carbonyl (C=O) groups excluding carboxylic acids is 2. The summed E-state index contributed by atoms with van der Waals surface area (Å²) in [4.78, 5) is 43.1. The molecule has 0 spiro atoms. The van der Waals surface area contributed by atoms with Crippen molar-refractivity contribution in [3.63, 3.8) is 0 Å². The van der Waals surface area contributed by atoms with Gasteiger partial charge in [0, 0.05) is 23.1 Å². The monoisotopic (exact) mass is 605 g/mol. The molecule has 0 saturated carbocycles. The van der Waals surface area contributed by atoms with Crippen LogP contribution in [0.25, 0.3) is 44.4 Å². The van der Waals surface area contributed by atoms with E-state index in [2.05, 4.69) is 92.7 Å². The molecule has 0 fully saturated rings. The Morgan fingerprint density at radius 1 is 0.911 bits per heavy atom. The number of H-pyrrole nitrogens is 2. The van der Waals surface area contributed by atoms with E-state index in [1.807, 2.05) is 13.1 Å². The topological polar surface area (TPSA) is 119 Å². The Balaban J connectivity index is 1.21. The molecule has 2 amide bonds. The van der Waals surface area contributed by atoms with Crippen LogP contribution in [-0.4, -0.2) is 68.7 Å². The number of fused-ring (bicyclic) bond motifs is 5. The molecule has 1 aliphatic rings. The van der Waals surface area contributed by atoms with Crippen LogP contribution in [0, 0.1) is 0 Å². The van der Waals surface area contributed by atoms with Gasteiger partial charge in [-0.3, -0.25) is 14.5 Å². The second-order valence-electron chi connectivity index (χ2n) is 11.6. The first-order valence-electron chi connectivity index (χ1n) is 15.5. The highest BCUT2D eigenvalue weighted by molar-refractivity contribution is 5.98. The smallest absolute Gasteiger partial charge is 0.242 e. The van der Waals surface area contributed by atoms with Crippen LogP contribution in [0.3, 0.4) is 0 Å². The van der Waals surface area contributed by atoms with Crippen LogP contribution in [0.2, 0.25) is 0 Å². The number of carbonyl (C=O) groups is 2. The lowest BCUT2D eigenvalue weighted by Gasteiger charge is -2.23. The molecule has 3 N–H and O–H groups in total. The quantitative estimate of drug-likeness (QED) is 0.152. The average Bonchev–Trinajstić information content (AvgIpc) is 3.72. The van der Waals surface area contributed by atoms with Crippen LogP contribution >= 0.6 is 0 Å². The molecule has 45 heavy (non-hydrogen) atoms. The Morgan fingerprint density at radius 3 is 2.33 bits per heavy atom. The van der Waals surface area contributed by atoms with Crippen molar-refractivity contribution >= 4 is 23.1 Å². The van der Waals surface area contributed by atoms with Gasteiger partial charge in [0.15, 0.2) is 0 Å². The van der Waals surface area contributed by atoms with Crippen molar-refractivity contribution in [1.29, 1.82) is 0 Å². The van der Waals surface area contributed by atoms with E-state index < -0.39 is 0 Å². The van der Waals surface area contributed by atoms with Crippen molar-refractivity contribution in [2.24, 2.45) is 0 Å². The van der Waals surface area contributed by atoms with E-state index in [1.165, 1.54) is 5.56 Å². The van der Waals surface area contributed by atoms with E-state index in [9.17, 15) is 9.59 Å². The summed E-state index contributed by atoms with van der Waals surface area (Å²) in [5.74, 6) is 2.41. The normalized spacial score (nSPS) is 12.1. The van der Waals surface area contributed by atoms with E-state index in [-0.39, 0.29) is 12.5 Å². The summed E-state index contributed by atoms with van der Waals surface area (Å²) in [6.45, 7) is 7.44. The third-order valence-corrected chi connectivity index (χ3v) is 8.17. The maximum Gasteiger partial charge on any atom is 0.242 e. The van der Waals surface area contributed by atoms with E-state index >= 15 is 0 Å². The summed E-state index contributed by atoms with van der Waals surface area (Å²) in [6.07, 6.45) is 6.17. The van der Waals surface area contributed by atoms with Gasteiger partial charge in [-0.05, 0) is 66.7 Å². The van der Waals surface area contributed by atoms with Crippen LogP contribution in [0.4, 0.5) is 0 Å². The predicted molar refractivity (Wildman–Crippen MR) is 175 cm³/mol. The van der Waals surface area contributed by atoms with Gasteiger partial charge in [-0.25, -0.2) is 9.97 Å². The van der Waals surface area contributed by atoms with Crippen molar-refractivity contribution in [1.82, 2.24) is 35.1 Å². The molecule has 6 rings (SSSR count). The fourth-order valence-corrected chi connectivity index (χ4v) is 6.01. The van der Waals surface area contributed by atoms with Gasteiger partial charge in [-0.1, -0.05) is 44.2 Å². The molecule has 0 radical (unpaired) electrons. The number of nitrogens with one attached hydrogen (secondary N) is 3. The Labute approximate surface area is 262 Å². The van der Waals surface area contributed by atoms with Gasteiger partial charge >= 0.3 is 0 Å². The zero-order valence-electron chi connectivity index (χ0n) is 26.0. The Kier molecular flexibility index (Phi) is 8.93. The summed E-state index contributed by atoms with van der Waals surface area (Å²) >= 11 is 0. The number of imidazole rings is 2. The standard InChI is InChI=1S/C35H39N7O3/c1-4-12-41(3)19-32-37-16-31(39-32)25-7-9-27-26(15-25)21-45-35-28-10-8-24(14-23(28)6-11-29(27)35)30-17-38-33(40-30)20-42(13-5-2)34(44)18-36-22-43/h6-11,14-17,22H,4-5,12-13,18-21H2,1-3H3,(H,36,43)(H,37,39)(H,38,40). The fraction of sp³-hybridized carbons (Fsp3) is 0.314. The zero-order valence-corrected chi connectivity index (χ0v) is 26.0. The maximum atomic E-state index is 12.5. The first-order chi connectivity index (χ1) is 22.0. The van der Waals surface area contributed by atoms with Gasteiger partial charge in [0.2, 0.25) is 12.3 Å². The van der Waals surface area contributed by atoms with Crippen LogP contribution in [-0.2, 0) is 29.3 Å². The van der Waals surface area contributed by atoms with E-state index in [1.54, 1.807) is 11.1 Å². The molecule has 0 atom stereocenters. The highest BCUT2D eigenvalue weighted by Gasteiger charge is 2.21. The van der Waals surface area contributed by atoms with Crippen molar-refractivity contribution in [2.45, 2.75) is 46.4 Å². The molecular formula is C35H39N7O3. The van der Waals surface area contributed by atoms with Gasteiger partial charge in [0.1, 0.15) is 24.0 Å². The van der Waals surface area contributed by atoms with Crippen molar-refractivity contribution in [3.8, 4) is 39.4 Å². The second kappa shape index (κ2) is 13.4. The molecule has 3 aromatic carbocycles. The largest absolute Gasteiger partial charge is 0.488 e. The van der Waals surface area contributed by atoms with Crippen molar-refractivity contribution in [3.05, 3.63) is 78.1 Å². The number of aromatic amines is 2. The number of hydrogen-bond acceptors (Lipinski definition) is 6. The Hall–Kier alpha value is -4.96. The first-order valence-corrected chi connectivity index (χ1v) is 15.5. The van der Waals surface area contributed by atoms with E-state index in [0.717, 1.165) is 81.9 Å². The number of nitrogens with zero attached hydrogens (tertiary/aromatic N) is 4. The molecule has 0 unspecified atom stereocenters. The van der Waals surface area contributed by atoms with Crippen LogP contribution < -0.4 is 10.1 Å². The molecule has 0 bridgehead atoms. The van der Waals surface area contributed by atoms with Crippen LogP contribution in [0.1, 0.15) is 43.9 Å². The lowest BCUT2D eigenvalue weighted by atomic mass is 9.92. The third kappa shape index (κ3) is 6.46. The molecule has 0 aliphatic carbocycles. The predicted octanol–water partition coefficient (Wildman–Crippen LogP) is 5.51. The van der Waals surface area contributed by atoms with Crippen LogP contribution in [0.15, 0.2) is 60.9 Å². The molecular weight excluding hydrogens is 566 g/mol. The van der Waals surface area contributed by atoms with Gasteiger partial charge < -0.3 is 24.9 Å². The lowest BCUT2D eigenvalue weighted by Crippen LogP contribution is -2.38. The molecule has 10 heteroatoms. The van der Waals surface area contributed by atoms with Gasteiger partial charge in [-0.15, -0.1) is 0 Å². The number of aromatic nitrogens is 4. The SMILES string of the molecule is CCCN(C)Cc1ncc(-c2ccc3c(c2)COc2c-3ccc3cc(-c4cnc(CN(CCC)C(=O)CNC=O)[nH]4)ccc23)[nH]1. The van der Waals surface area contributed by atoms with E-state index in [0.29, 0.717) is 31.9 Å². The minimum Gasteiger partial charge on any atom is -0.488 e. The number of hydrogen-bond donors (Lipinski definition) is 3. The van der Waals surface area contributed by atoms with Crippen molar-refractivity contribution in [2.75, 3.05) is 26.7 Å². The highest BCUT2D eigenvalue weighted by Crippen LogP contribution is 2.43. The minimum atomic E-state index is -0.142. The molecule has 0 saturated heterocycles. The second-order valence-corrected chi connectivity index (χ2v) is 11.6. The van der Waals surface area contributed by atoms with Crippen molar-refractivity contribution < 1.29 is 14.3 Å². The number of amides is 2. The number of rotatable bonds is 13. The maximum absolute atomic E-state index is 12.5. The average molecular weight is 606 g/mol.